The number of hydrogen-bond donors (Lipinski definition) is 0. The quantitative estimate of drug-likeness (QED) is 0.760. The van der Waals surface area contributed by atoms with E-state index in [4.69, 9.17) is 9.47 Å². The third kappa shape index (κ3) is 3.16. The third-order valence-corrected chi connectivity index (χ3v) is 4.81. The topological polar surface area (TPSA) is 82.4 Å². The Hall–Kier alpha value is -2.29. The van der Waals surface area contributed by atoms with E-state index in [-0.39, 0.29) is 24.0 Å². The first-order valence-electron chi connectivity index (χ1n) is 7.59. The highest BCUT2D eigenvalue weighted by Crippen LogP contribution is 2.34. The fourth-order valence-electron chi connectivity index (χ4n) is 2.18. The number of fused-ring (bicyclic) bond motifs is 1. The fourth-order valence-corrected chi connectivity index (χ4v) is 3.09. The summed E-state index contributed by atoms with van der Waals surface area (Å²) in [7, 11) is 1.80. The Morgan fingerprint density at radius 3 is 2.79 bits per heavy atom. The Bertz CT molecular complexity index is 748. The Labute approximate surface area is 144 Å². The molecule has 1 amide bonds. The van der Waals surface area contributed by atoms with Gasteiger partial charge in [0.1, 0.15) is 0 Å². The summed E-state index contributed by atoms with van der Waals surface area (Å²) in [5, 5.41) is 12.0. The molecule has 0 aliphatic carbocycles. The molecule has 24 heavy (non-hydrogen) atoms. The summed E-state index contributed by atoms with van der Waals surface area (Å²) in [5.41, 5.74) is 0.753. The van der Waals surface area contributed by atoms with Crippen molar-refractivity contribution in [3.63, 3.8) is 0 Å². The maximum absolute atomic E-state index is 12.4. The van der Waals surface area contributed by atoms with Gasteiger partial charge in [0, 0.05) is 19.2 Å². The van der Waals surface area contributed by atoms with E-state index in [1.807, 2.05) is 39.0 Å². The van der Waals surface area contributed by atoms with Crippen LogP contribution in [0.25, 0.3) is 5.69 Å². The molecule has 1 aromatic heterocycles. The zero-order valence-electron chi connectivity index (χ0n) is 14.0. The lowest BCUT2D eigenvalue weighted by Gasteiger charge is -2.24. The summed E-state index contributed by atoms with van der Waals surface area (Å²) in [6.07, 6.45) is 0. The number of benzene rings is 1. The number of carbonyl (C=O) groups is 1. The Kier molecular flexibility index (Phi) is 4.61. The van der Waals surface area contributed by atoms with Crippen LogP contribution in [0, 0.1) is 0 Å². The van der Waals surface area contributed by atoms with E-state index in [9.17, 15) is 4.79 Å². The number of rotatable bonds is 5. The lowest BCUT2D eigenvalue weighted by molar-refractivity contribution is -0.130. The van der Waals surface area contributed by atoms with Gasteiger partial charge >= 0.3 is 0 Å². The van der Waals surface area contributed by atoms with Crippen LogP contribution in [0.1, 0.15) is 20.8 Å². The predicted molar refractivity (Wildman–Crippen MR) is 88.5 cm³/mol. The van der Waals surface area contributed by atoms with Crippen molar-refractivity contribution in [2.45, 2.75) is 37.2 Å². The van der Waals surface area contributed by atoms with E-state index in [1.165, 1.54) is 11.8 Å². The van der Waals surface area contributed by atoms with Crippen LogP contribution in [0.3, 0.4) is 0 Å². The van der Waals surface area contributed by atoms with Crippen molar-refractivity contribution >= 4 is 17.7 Å². The average Bonchev–Trinajstić information content (AvgIpc) is 3.21. The van der Waals surface area contributed by atoms with E-state index >= 15 is 0 Å². The standard InChI is InChI=1S/C15H19N5O3S/c1-9(2)19(4)14(21)10(3)24-15-16-17-18-20(15)11-5-6-12-13(7-11)23-8-22-12/h5-7,9-10H,8H2,1-4H3/t10-/m1/s1. The van der Waals surface area contributed by atoms with E-state index in [0.717, 1.165) is 5.69 Å². The molecule has 1 aliphatic heterocycles. The molecule has 128 valence electrons. The monoisotopic (exact) mass is 349 g/mol. The molecule has 0 fully saturated rings. The van der Waals surface area contributed by atoms with Crippen molar-refractivity contribution in [2.75, 3.05) is 13.8 Å². The normalized spacial score (nSPS) is 14.0. The minimum absolute atomic E-state index is 0.0373. The number of carbonyl (C=O) groups excluding carboxylic acids is 1. The first kappa shape index (κ1) is 16.6. The molecule has 0 spiro atoms. The largest absolute Gasteiger partial charge is 0.454 e. The third-order valence-electron chi connectivity index (χ3n) is 3.79. The Balaban J connectivity index is 1.79. The fraction of sp³-hybridized carbons (Fsp3) is 0.467. The molecule has 0 unspecified atom stereocenters. The molecule has 1 aromatic carbocycles. The Morgan fingerprint density at radius 2 is 2.04 bits per heavy atom. The molecule has 0 bridgehead atoms. The number of nitrogens with zero attached hydrogens (tertiary/aromatic N) is 5. The molecule has 1 aliphatic rings. The first-order chi connectivity index (χ1) is 11.5. The molecular formula is C15H19N5O3S. The van der Waals surface area contributed by atoms with Gasteiger partial charge in [-0.15, -0.1) is 5.10 Å². The van der Waals surface area contributed by atoms with Crippen LogP contribution in [0.2, 0.25) is 0 Å². The highest BCUT2D eigenvalue weighted by molar-refractivity contribution is 8.00. The maximum Gasteiger partial charge on any atom is 0.235 e. The number of amides is 1. The number of hydrogen-bond acceptors (Lipinski definition) is 7. The van der Waals surface area contributed by atoms with Gasteiger partial charge in [0.25, 0.3) is 0 Å². The van der Waals surface area contributed by atoms with Crippen molar-refractivity contribution in [2.24, 2.45) is 0 Å². The molecule has 8 nitrogen and oxygen atoms in total. The van der Waals surface area contributed by atoms with Crippen molar-refractivity contribution in [3.8, 4) is 17.2 Å². The molecule has 3 rings (SSSR count). The van der Waals surface area contributed by atoms with Gasteiger partial charge in [-0.2, -0.15) is 4.68 Å². The number of ether oxygens (including phenoxy) is 2. The van der Waals surface area contributed by atoms with Crippen LogP contribution in [0.15, 0.2) is 23.4 Å². The molecule has 0 saturated carbocycles. The number of tetrazole rings is 1. The molecule has 0 saturated heterocycles. The summed E-state index contributed by atoms with van der Waals surface area (Å²) in [6, 6.07) is 5.62. The summed E-state index contributed by atoms with van der Waals surface area (Å²) in [6.45, 7) is 6.02. The minimum atomic E-state index is -0.295. The SMILES string of the molecule is CC(C)N(C)C(=O)[C@@H](C)Sc1nnnn1-c1ccc2c(c1)OCO2. The predicted octanol–water partition coefficient (Wildman–Crippen LogP) is 1.74. The van der Waals surface area contributed by atoms with Gasteiger partial charge in [-0.25, -0.2) is 0 Å². The van der Waals surface area contributed by atoms with Crippen LogP contribution in [0.4, 0.5) is 0 Å². The zero-order chi connectivity index (χ0) is 17.3. The molecule has 0 N–H and O–H groups in total. The molecular weight excluding hydrogens is 330 g/mol. The van der Waals surface area contributed by atoms with Gasteiger partial charge in [-0.05, 0) is 43.3 Å². The lowest BCUT2D eigenvalue weighted by Crippen LogP contribution is -2.38. The molecule has 0 radical (unpaired) electrons. The van der Waals surface area contributed by atoms with Gasteiger partial charge < -0.3 is 14.4 Å². The van der Waals surface area contributed by atoms with E-state index < -0.39 is 0 Å². The van der Waals surface area contributed by atoms with Gasteiger partial charge in [-0.3, -0.25) is 4.79 Å². The van der Waals surface area contributed by atoms with Crippen LogP contribution in [0.5, 0.6) is 11.5 Å². The first-order valence-corrected chi connectivity index (χ1v) is 8.47. The number of thioether (sulfide) groups is 1. The van der Waals surface area contributed by atoms with Crippen LogP contribution in [-0.4, -0.2) is 56.1 Å². The summed E-state index contributed by atoms with van der Waals surface area (Å²) in [5.74, 6) is 1.39. The van der Waals surface area contributed by atoms with Crippen molar-refractivity contribution < 1.29 is 14.3 Å². The molecule has 1 atom stereocenters. The van der Waals surface area contributed by atoms with Crippen molar-refractivity contribution in [3.05, 3.63) is 18.2 Å². The van der Waals surface area contributed by atoms with E-state index in [2.05, 4.69) is 15.5 Å². The van der Waals surface area contributed by atoms with E-state index in [1.54, 1.807) is 16.6 Å². The minimum Gasteiger partial charge on any atom is -0.454 e. The smallest absolute Gasteiger partial charge is 0.235 e. The van der Waals surface area contributed by atoms with Crippen LogP contribution >= 0.6 is 11.8 Å². The van der Waals surface area contributed by atoms with Crippen LogP contribution < -0.4 is 9.47 Å². The van der Waals surface area contributed by atoms with Gasteiger partial charge in [0.15, 0.2) is 11.5 Å². The highest BCUT2D eigenvalue weighted by atomic mass is 32.2. The van der Waals surface area contributed by atoms with E-state index in [0.29, 0.717) is 16.7 Å². The van der Waals surface area contributed by atoms with Crippen LogP contribution in [-0.2, 0) is 4.79 Å². The number of aromatic nitrogens is 4. The second kappa shape index (κ2) is 6.68. The average molecular weight is 349 g/mol. The highest BCUT2D eigenvalue weighted by Gasteiger charge is 2.24. The summed E-state index contributed by atoms with van der Waals surface area (Å²) >= 11 is 1.32. The maximum atomic E-state index is 12.4. The van der Waals surface area contributed by atoms with Gasteiger partial charge in [0.05, 0.1) is 10.9 Å². The zero-order valence-corrected chi connectivity index (χ0v) is 14.8. The second-order valence-corrected chi connectivity index (χ2v) is 7.02. The lowest BCUT2D eigenvalue weighted by atomic mass is 10.3. The second-order valence-electron chi connectivity index (χ2n) is 5.71. The van der Waals surface area contributed by atoms with Crippen molar-refractivity contribution in [1.29, 1.82) is 0 Å². The van der Waals surface area contributed by atoms with Gasteiger partial charge in [0.2, 0.25) is 17.9 Å². The molecule has 2 aromatic rings. The van der Waals surface area contributed by atoms with Crippen molar-refractivity contribution in [1.82, 2.24) is 25.1 Å². The Morgan fingerprint density at radius 1 is 1.29 bits per heavy atom. The molecule has 9 heteroatoms. The van der Waals surface area contributed by atoms with Gasteiger partial charge in [-0.1, -0.05) is 11.8 Å². The summed E-state index contributed by atoms with van der Waals surface area (Å²) in [4.78, 5) is 14.1. The summed E-state index contributed by atoms with van der Waals surface area (Å²) < 4.78 is 12.3. The molecule has 2 heterocycles.